The predicted octanol–water partition coefficient (Wildman–Crippen LogP) is 0.0229. The van der Waals surface area contributed by atoms with E-state index in [1.165, 1.54) is 6.20 Å². The van der Waals surface area contributed by atoms with Crippen LogP contribution in [0.3, 0.4) is 0 Å². The summed E-state index contributed by atoms with van der Waals surface area (Å²) in [6, 6.07) is 4.91. The Hall–Kier alpha value is -2.84. The highest BCUT2D eigenvalue weighted by molar-refractivity contribution is 5.82. The Morgan fingerprint density at radius 1 is 1.26 bits per heavy atom. The molecule has 0 radical (unpaired) electrons. The van der Waals surface area contributed by atoms with Gasteiger partial charge in [-0.3, -0.25) is 4.98 Å². The Labute approximate surface area is 107 Å². The van der Waals surface area contributed by atoms with Gasteiger partial charge in [-0.05, 0) is 12.1 Å². The highest BCUT2D eigenvalue weighted by Gasteiger charge is 2.18. The van der Waals surface area contributed by atoms with Crippen molar-refractivity contribution in [3.05, 3.63) is 30.1 Å². The molecule has 0 aliphatic heterocycles. The zero-order valence-corrected chi connectivity index (χ0v) is 9.74. The Bertz CT molecular complexity index is 464. The molecule has 5 N–H and O–H groups in total. The van der Waals surface area contributed by atoms with E-state index in [9.17, 15) is 14.4 Å². The van der Waals surface area contributed by atoms with Gasteiger partial charge in [-0.2, -0.15) is 0 Å². The minimum atomic E-state index is -1.25. The molecule has 0 bridgehead atoms. The van der Waals surface area contributed by atoms with Gasteiger partial charge in [0.15, 0.2) is 6.10 Å². The number of nitrogens with one attached hydrogen (secondary N) is 1. The van der Waals surface area contributed by atoms with Crippen LogP contribution in [0.5, 0.6) is 0 Å². The zero-order chi connectivity index (χ0) is 14.3. The molecule has 1 unspecified atom stereocenters. The molecule has 0 spiro atoms. The number of pyridine rings is 1. The zero-order valence-electron chi connectivity index (χ0n) is 9.74. The fourth-order valence-corrected chi connectivity index (χ4v) is 1.22. The molecule has 0 fully saturated rings. The highest BCUT2D eigenvalue weighted by Crippen LogP contribution is 2.13. The van der Waals surface area contributed by atoms with Gasteiger partial charge in [0.2, 0.25) is 0 Å². The molecule has 9 nitrogen and oxygen atoms in total. The summed E-state index contributed by atoms with van der Waals surface area (Å²) in [5.41, 5.74) is 9.94. The van der Waals surface area contributed by atoms with E-state index in [0.29, 0.717) is 5.69 Å². The molecular weight excluding hydrogens is 256 g/mol. The Kier molecular flexibility index (Phi) is 5.08. The standard InChI is InChI=1S/C10H12N4O5/c11-8(15)18-7(6-3-1-2-4-13-6)5-14-10(17)19-9(12)16/h1-4,7H,5H2,(H2,11,15)(H2,12,16)(H,14,17). The van der Waals surface area contributed by atoms with E-state index in [4.69, 9.17) is 10.5 Å². The first-order chi connectivity index (χ1) is 8.99. The summed E-state index contributed by atoms with van der Waals surface area (Å²) in [5.74, 6) is 0. The summed E-state index contributed by atoms with van der Waals surface area (Å²) in [4.78, 5) is 36.1. The van der Waals surface area contributed by atoms with Crippen molar-refractivity contribution >= 4 is 18.3 Å². The second-order valence-electron chi connectivity index (χ2n) is 3.27. The van der Waals surface area contributed by atoms with Crippen molar-refractivity contribution in [3.63, 3.8) is 0 Å². The van der Waals surface area contributed by atoms with Crippen LogP contribution in [0.15, 0.2) is 24.4 Å². The Morgan fingerprint density at radius 2 is 2.00 bits per heavy atom. The monoisotopic (exact) mass is 268 g/mol. The highest BCUT2D eigenvalue weighted by atomic mass is 16.6. The summed E-state index contributed by atoms with van der Waals surface area (Å²) < 4.78 is 8.82. The van der Waals surface area contributed by atoms with Crippen LogP contribution in [0.4, 0.5) is 14.4 Å². The van der Waals surface area contributed by atoms with Gasteiger partial charge in [0.05, 0.1) is 12.2 Å². The molecule has 1 rings (SSSR count). The molecule has 0 aliphatic carbocycles. The molecule has 0 saturated carbocycles. The van der Waals surface area contributed by atoms with Gasteiger partial charge in [-0.1, -0.05) is 6.07 Å². The first-order valence-electron chi connectivity index (χ1n) is 5.11. The quantitative estimate of drug-likeness (QED) is 0.656. The van der Waals surface area contributed by atoms with Crippen LogP contribution < -0.4 is 16.8 Å². The predicted molar refractivity (Wildman–Crippen MR) is 61.7 cm³/mol. The number of carbonyl (C=O) groups excluding carboxylic acids is 3. The normalized spacial score (nSPS) is 11.2. The van der Waals surface area contributed by atoms with Crippen molar-refractivity contribution in [2.75, 3.05) is 6.54 Å². The van der Waals surface area contributed by atoms with Crippen LogP contribution in [0.1, 0.15) is 11.8 Å². The minimum Gasteiger partial charge on any atom is -0.438 e. The minimum absolute atomic E-state index is 0.175. The number of ether oxygens (including phenoxy) is 2. The number of alkyl carbamates (subject to hydrolysis) is 1. The van der Waals surface area contributed by atoms with Crippen molar-refractivity contribution in [2.45, 2.75) is 6.10 Å². The molecule has 0 aromatic carbocycles. The first-order valence-corrected chi connectivity index (χ1v) is 5.11. The number of nitrogens with zero attached hydrogens (tertiary/aromatic N) is 1. The van der Waals surface area contributed by atoms with Gasteiger partial charge in [-0.25, -0.2) is 14.4 Å². The van der Waals surface area contributed by atoms with Gasteiger partial charge >= 0.3 is 18.3 Å². The third-order valence-corrected chi connectivity index (χ3v) is 1.90. The number of aromatic nitrogens is 1. The lowest BCUT2D eigenvalue weighted by molar-refractivity contribution is 0.0999. The summed E-state index contributed by atoms with van der Waals surface area (Å²) in [6.45, 7) is -0.175. The number of hydrogen-bond donors (Lipinski definition) is 3. The van der Waals surface area contributed by atoms with E-state index >= 15 is 0 Å². The van der Waals surface area contributed by atoms with Crippen molar-refractivity contribution in [1.82, 2.24) is 10.3 Å². The third kappa shape index (κ3) is 5.35. The number of rotatable bonds is 4. The molecule has 1 aromatic heterocycles. The van der Waals surface area contributed by atoms with Crippen LogP contribution in [0.2, 0.25) is 0 Å². The lowest BCUT2D eigenvalue weighted by Gasteiger charge is -2.16. The largest absolute Gasteiger partial charge is 0.438 e. The van der Waals surface area contributed by atoms with E-state index in [1.54, 1.807) is 18.2 Å². The van der Waals surface area contributed by atoms with E-state index < -0.39 is 24.4 Å². The van der Waals surface area contributed by atoms with Crippen LogP contribution in [-0.4, -0.2) is 29.8 Å². The van der Waals surface area contributed by atoms with Gasteiger partial charge < -0.3 is 26.3 Å². The van der Waals surface area contributed by atoms with Crippen molar-refractivity contribution in [1.29, 1.82) is 0 Å². The summed E-state index contributed by atoms with van der Waals surface area (Å²) in [5, 5.41) is 2.18. The second kappa shape index (κ2) is 6.79. The first kappa shape index (κ1) is 14.2. The van der Waals surface area contributed by atoms with E-state index in [2.05, 4.69) is 20.8 Å². The van der Waals surface area contributed by atoms with Crippen LogP contribution in [0, 0.1) is 0 Å². The fraction of sp³-hybridized carbons (Fsp3) is 0.200. The van der Waals surface area contributed by atoms with Gasteiger partial charge in [0, 0.05) is 6.20 Å². The summed E-state index contributed by atoms with van der Waals surface area (Å²) in [6.07, 6.45) is -2.77. The van der Waals surface area contributed by atoms with Crippen molar-refractivity contribution in [3.8, 4) is 0 Å². The van der Waals surface area contributed by atoms with Crippen LogP contribution >= 0.6 is 0 Å². The SMILES string of the molecule is NC(=O)OC(=O)NCC(OC(N)=O)c1ccccn1. The third-order valence-electron chi connectivity index (χ3n) is 1.90. The smallest absolute Gasteiger partial charge is 0.416 e. The lowest BCUT2D eigenvalue weighted by atomic mass is 10.2. The molecular formula is C10H12N4O5. The van der Waals surface area contributed by atoms with Gasteiger partial charge in [0.1, 0.15) is 0 Å². The average molecular weight is 268 g/mol. The molecule has 9 heteroatoms. The average Bonchev–Trinajstić information content (AvgIpc) is 2.34. The second-order valence-corrected chi connectivity index (χ2v) is 3.27. The molecule has 1 atom stereocenters. The number of nitrogens with two attached hydrogens (primary N) is 2. The topological polar surface area (TPSA) is 147 Å². The van der Waals surface area contributed by atoms with Crippen molar-refractivity contribution in [2.24, 2.45) is 11.5 Å². The number of hydrogen-bond acceptors (Lipinski definition) is 6. The maximum Gasteiger partial charge on any atom is 0.416 e. The molecule has 19 heavy (non-hydrogen) atoms. The van der Waals surface area contributed by atoms with E-state index in [1.807, 2.05) is 0 Å². The van der Waals surface area contributed by atoms with E-state index in [0.717, 1.165) is 0 Å². The number of primary amides is 2. The maximum atomic E-state index is 11.0. The Morgan fingerprint density at radius 3 is 2.53 bits per heavy atom. The maximum absolute atomic E-state index is 11.0. The molecule has 0 aliphatic rings. The van der Waals surface area contributed by atoms with Gasteiger partial charge in [-0.15, -0.1) is 0 Å². The van der Waals surface area contributed by atoms with Crippen LogP contribution in [-0.2, 0) is 9.47 Å². The molecule has 1 heterocycles. The Balaban J connectivity index is 2.63. The molecule has 3 amide bonds. The summed E-state index contributed by atoms with van der Waals surface area (Å²) in [7, 11) is 0. The van der Waals surface area contributed by atoms with Gasteiger partial charge in [0.25, 0.3) is 0 Å². The van der Waals surface area contributed by atoms with E-state index in [-0.39, 0.29) is 6.54 Å². The lowest BCUT2D eigenvalue weighted by Crippen LogP contribution is -2.34. The van der Waals surface area contributed by atoms with Crippen molar-refractivity contribution < 1.29 is 23.9 Å². The molecule has 102 valence electrons. The van der Waals surface area contributed by atoms with Crippen LogP contribution in [0.25, 0.3) is 0 Å². The molecule has 0 saturated heterocycles. The summed E-state index contributed by atoms with van der Waals surface area (Å²) >= 11 is 0. The molecule has 1 aromatic rings. The number of carbonyl (C=O) groups is 3. The fourth-order valence-electron chi connectivity index (χ4n) is 1.22. The number of amides is 3.